The summed E-state index contributed by atoms with van der Waals surface area (Å²) in [6.07, 6.45) is 0.428. The molecule has 5 nitrogen and oxygen atoms in total. The van der Waals surface area contributed by atoms with E-state index in [4.69, 9.17) is 4.74 Å². The minimum atomic E-state index is 0.428. The highest BCUT2D eigenvalue weighted by Gasteiger charge is 2.34. The molecule has 0 aromatic rings. The maximum absolute atomic E-state index is 5.89. The highest BCUT2D eigenvalue weighted by molar-refractivity contribution is 4.91. The summed E-state index contributed by atoms with van der Waals surface area (Å²) in [5.74, 6) is 0. The van der Waals surface area contributed by atoms with Gasteiger partial charge in [0.05, 0.1) is 12.7 Å². The Morgan fingerprint density at radius 1 is 1.05 bits per heavy atom. The van der Waals surface area contributed by atoms with E-state index in [1.165, 1.54) is 26.2 Å². The molecule has 0 amide bonds. The first-order valence-corrected chi connectivity index (χ1v) is 7.86. The molecule has 0 spiro atoms. The lowest BCUT2D eigenvalue weighted by atomic mass is 10.1. The van der Waals surface area contributed by atoms with Crippen LogP contribution in [0.3, 0.4) is 0 Å². The number of piperazine rings is 1. The standard InChI is InChI=1S/C14H28N4O/c1-2-16-7-8-19-14(11-16)12-17-9-13(10-17)18-5-3-15-4-6-18/h13-15H,2-12H2,1H3. The molecule has 5 heteroatoms. The molecule has 0 bridgehead atoms. The van der Waals surface area contributed by atoms with E-state index >= 15 is 0 Å². The van der Waals surface area contributed by atoms with E-state index in [-0.39, 0.29) is 0 Å². The first kappa shape index (κ1) is 13.8. The Kier molecular flexibility index (Phi) is 4.71. The first-order valence-electron chi connectivity index (χ1n) is 7.86. The fourth-order valence-corrected chi connectivity index (χ4v) is 3.44. The summed E-state index contributed by atoms with van der Waals surface area (Å²) in [5, 5.41) is 3.43. The van der Waals surface area contributed by atoms with E-state index in [9.17, 15) is 0 Å². The lowest BCUT2D eigenvalue weighted by Crippen LogP contribution is -2.64. The molecule has 3 aliphatic heterocycles. The Labute approximate surface area is 116 Å². The quantitative estimate of drug-likeness (QED) is 0.728. The fourth-order valence-electron chi connectivity index (χ4n) is 3.44. The number of rotatable bonds is 4. The van der Waals surface area contributed by atoms with Crippen molar-refractivity contribution in [3.8, 4) is 0 Å². The number of nitrogens with one attached hydrogen (secondary N) is 1. The summed E-state index contributed by atoms with van der Waals surface area (Å²) in [5.41, 5.74) is 0. The molecule has 3 rings (SSSR count). The largest absolute Gasteiger partial charge is 0.374 e. The van der Waals surface area contributed by atoms with Crippen LogP contribution in [-0.4, -0.2) is 98.9 Å². The van der Waals surface area contributed by atoms with E-state index in [0.717, 1.165) is 51.9 Å². The van der Waals surface area contributed by atoms with Crippen molar-refractivity contribution in [3.63, 3.8) is 0 Å². The Balaban J connectivity index is 1.36. The van der Waals surface area contributed by atoms with Gasteiger partial charge < -0.3 is 10.1 Å². The van der Waals surface area contributed by atoms with E-state index < -0.39 is 0 Å². The van der Waals surface area contributed by atoms with Gasteiger partial charge in [0.1, 0.15) is 0 Å². The summed E-state index contributed by atoms with van der Waals surface area (Å²) < 4.78 is 5.89. The number of nitrogens with zero attached hydrogens (tertiary/aromatic N) is 3. The van der Waals surface area contributed by atoms with Crippen LogP contribution in [0.5, 0.6) is 0 Å². The minimum Gasteiger partial charge on any atom is -0.374 e. The van der Waals surface area contributed by atoms with Crippen LogP contribution in [0.4, 0.5) is 0 Å². The Hall–Kier alpha value is -0.200. The van der Waals surface area contributed by atoms with Crippen molar-refractivity contribution in [3.05, 3.63) is 0 Å². The third kappa shape index (κ3) is 3.47. The molecule has 0 aromatic heterocycles. The molecule has 1 N–H and O–H groups in total. The molecule has 19 heavy (non-hydrogen) atoms. The smallest absolute Gasteiger partial charge is 0.0829 e. The van der Waals surface area contributed by atoms with Gasteiger partial charge in [-0.2, -0.15) is 0 Å². The van der Waals surface area contributed by atoms with Crippen LogP contribution in [0.1, 0.15) is 6.92 Å². The zero-order valence-electron chi connectivity index (χ0n) is 12.2. The van der Waals surface area contributed by atoms with Crippen molar-refractivity contribution < 1.29 is 4.74 Å². The summed E-state index contributed by atoms with van der Waals surface area (Å²) in [6, 6.07) is 0.799. The maximum Gasteiger partial charge on any atom is 0.0829 e. The van der Waals surface area contributed by atoms with E-state index in [1.54, 1.807) is 0 Å². The summed E-state index contributed by atoms with van der Waals surface area (Å²) in [4.78, 5) is 7.71. The average Bonchev–Trinajstić information content (AvgIpc) is 2.43. The number of ether oxygens (including phenoxy) is 1. The van der Waals surface area contributed by atoms with Gasteiger partial charge in [-0.15, -0.1) is 0 Å². The van der Waals surface area contributed by atoms with Gasteiger partial charge in [-0.3, -0.25) is 14.7 Å². The normalized spacial score (nSPS) is 32.4. The topological polar surface area (TPSA) is 31.0 Å². The van der Waals surface area contributed by atoms with Gasteiger partial charge in [0.2, 0.25) is 0 Å². The molecular weight excluding hydrogens is 240 g/mol. The Morgan fingerprint density at radius 2 is 1.84 bits per heavy atom. The monoisotopic (exact) mass is 268 g/mol. The Morgan fingerprint density at radius 3 is 2.58 bits per heavy atom. The number of morpholine rings is 1. The highest BCUT2D eigenvalue weighted by atomic mass is 16.5. The minimum absolute atomic E-state index is 0.428. The molecule has 1 atom stereocenters. The molecule has 0 saturated carbocycles. The first-order chi connectivity index (χ1) is 9.35. The molecule has 0 aromatic carbocycles. The highest BCUT2D eigenvalue weighted by Crippen LogP contribution is 2.17. The molecule has 110 valence electrons. The molecule has 3 aliphatic rings. The van der Waals surface area contributed by atoms with Gasteiger partial charge in [-0.1, -0.05) is 6.92 Å². The maximum atomic E-state index is 5.89. The second-order valence-corrected chi connectivity index (χ2v) is 6.04. The van der Waals surface area contributed by atoms with Crippen LogP contribution in [-0.2, 0) is 4.74 Å². The van der Waals surface area contributed by atoms with Gasteiger partial charge in [-0.05, 0) is 6.54 Å². The van der Waals surface area contributed by atoms with Crippen LogP contribution < -0.4 is 5.32 Å². The summed E-state index contributed by atoms with van der Waals surface area (Å²) >= 11 is 0. The van der Waals surface area contributed by atoms with Crippen molar-refractivity contribution in [2.24, 2.45) is 0 Å². The van der Waals surface area contributed by atoms with Gasteiger partial charge in [0.15, 0.2) is 0 Å². The lowest BCUT2D eigenvalue weighted by Gasteiger charge is -2.48. The third-order valence-electron chi connectivity index (χ3n) is 4.74. The van der Waals surface area contributed by atoms with Crippen molar-refractivity contribution in [1.29, 1.82) is 0 Å². The van der Waals surface area contributed by atoms with Gasteiger partial charge in [0, 0.05) is 64.9 Å². The number of likely N-dealkylation sites (N-methyl/N-ethyl adjacent to an activating group) is 1. The SMILES string of the molecule is CCN1CCOC(CN2CC(N3CCNCC3)C2)C1. The molecule has 3 saturated heterocycles. The van der Waals surface area contributed by atoms with E-state index in [2.05, 4.69) is 26.9 Å². The third-order valence-corrected chi connectivity index (χ3v) is 4.74. The fraction of sp³-hybridized carbons (Fsp3) is 1.00. The second kappa shape index (κ2) is 6.50. The van der Waals surface area contributed by atoms with Crippen molar-refractivity contribution in [2.75, 3.05) is 72.1 Å². The molecule has 0 radical (unpaired) electrons. The van der Waals surface area contributed by atoms with Crippen molar-refractivity contribution in [2.45, 2.75) is 19.1 Å². The molecule has 1 unspecified atom stereocenters. The number of hydrogen-bond donors (Lipinski definition) is 1. The lowest BCUT2D eigenvalue weighted by molar-refractivity contribution is -0.0649. The van der Waals surface area contributed by atoms with Gasteiger partial charge in [0.25, 0.3) is 0 Å². The predicted octanol–water partition coefficient (Wildman–Crippen LogP) is -0.703. The van der Waals surface area contributed by atoms with Gasteiger partial charge in [-0.25, -0.2) is 0 Å². The predicted molar refractivity (Wildman–Crippen MR) is 76.5 cm³/mol. The zero-order valence-corrected chi connectivity index (χ0v) is 12.2. The van der Waals surface area contributed by atoms with Crippen LogP contribution >= 0.6 is 0 Å². The average molecular weight is 268 g/mol. The number of likely N-dealkylation sites (tertiary alicyclic amines) is 1. The van der Waals surface area contributed by atoms with E-state index in [1.807, 2.05) is 0 Å². The zero-order chi connectivity index (χ0) is 13.1. The van der Waals surface area contributed by atoms with Crippen molar-refractivity contribution >= 4 is 0 Å². The molecule has 3 heterocycles. The molecule has 3 fully saturated rings. The van der Waals surface area contributed by atoms with Gasteiger partial charge >= 0.3 is 0 Å². The molecule has 0 aliphatic carbocycles. The van der Waals surface area contributed by atoms with Crippen LogP contribution in [0.2, 0.25) is 0 Å². The van der Waals surface area contributed by atoms with Crippen LogP contribution in [0, 0.1) is 0 Å². The Bertz CT molecular complexity index is 277. The summed E-state index contributed by atoms with van der Waals surface area (Å²) in [6.45, 7) is 14.9. The van der Waals surface area contributed by atoms with Crippen LogP contribution in [0.25, 0.3) is 0 Å². The van der Waals surface area contributed by atoms with Crippen LogP contribution in [0.15, 0.2) is 0 Å². The van der Waals surface area contributed by atoms with E-state index in [0.29, 0.717) is 6.10 Å². The number of hydrogen-bond acceptors (Lipinski definition) is 5. The summed E-state index contributed by atoms with van der Waals surface area (Å²) in [7, 11) is 0. The second-order valence-electron chi connectivity index (χ2n) is 6.04. The molecular formula is C14H28N4O. The van der Waals surface area contributed by atoms with Crippen molar-refractivity contribution in [1.82, 2.24) is 20.0 Å².